The number of fused-ring (bicyclic) bond motifs is 1. The van der Waals surface area contributed by atoms with Crippen LogP contribution in [0.25, 0.3) is 10.9 Å². The Bertz CT molecular complexity index is 470. The van der Waals surface area contributed by atoms with Crippen molar-refractivity contribution in [2.45, 2.75) is 0 Å². The van der Waals surface area contributed by atoms with E-state index < -0.39 is 0 Å². The van der Waals surface area contributed by atoms with Gasteiger partial charge in [-0.15, -0.1) is 0 Å². The van der Waals surface area contributed by atoms with Gasteiger partial charge in [-0.3, -0.25) is 0 Å². The van der Waals surface area contributed by atoms with E-state index in [1.54, 1.807) is 6.07 Å². The molecule has 1 aromatic heterocycles. The zero-order valence-electron chi connectivity index (χ0n) is 6.39. The van der Waals surface area contributed by atoms with Crippen LogP contribution in [-0.4, -0.2) is 4.98 Å². The molecule has 1 aromatic carbocycles. The van der Waals surface area contributed by atoms with Crippen LogP contribution >= 0.6 is 39.1 Å². The summed E-state index contributed by atoms with van der Waals surface area (Å²) < 4.78 is 0.930. The molecule has 0 amide bonds. The molecule has 4 heteroatoms. The fraction of sp³-hybridized carbons (Fsp3) is 0. The summed E-state index contributed by atoms with van der Waals surface area (Å²) in [5, 5.41) is 1.92. The van der Waals surface area contributed by atoms with Crippen LogP contribution < -0.4 is 0 Å². The first-order valence-electron chi connectivity index (χ1n) is 3.59. The highest BCUT2D eigenvalue weighted by atomic mass is 79.9. The zero-order chi connectivity index (χ0) is 9.42. The normalized spacial score (nSPS) is 10.7. The van der Waals surface area contributed by atoms with Crippen molar-refractivity contribution < 1.29 is 0 Å². The lowest BCUT2D eigenvalue weighted by molar-refractivity contribution is 1.41. The number of aromatic nitrogens is 1. The molecule has 0 aliphatic carbocycles. The Hall–Kier alpha value is -0.310. The molecule has 0 fully saturated rings. The summed E-state index contributed by atoms with van der Waals surface area (Å²) in [7, 11) is 0. The number of rotatable bonds is 0. The monoisotopic (exact) mass is 275 g/mol. The minimum Gasteiger partial charge on any atom is -0.236 e. The van der Waals surface area contributed by atoms with Gasteiger partial charge in [0.25, 0.3) is 0 Å². The summed E-state index contributed by atoms with van der Waals surface area (Å²) in [4.78, 5) is 4.15. The molecule has 0 radical (unpaired) electrons. The minimum atomic E-state index is 0.413. The molecule has 0 N–H and O–H groups in total. The molecule has 0 saturated heterocycles. The molecule has 0 atom stereocenters. The molecule has 0 bridgehead atoms. The Morgan fingerprint density at radius 3 is 2.77 bits per heavy atom. The minimum absolute atomic E-state index is 0.413. The molecule has 0 spiro atoms. The summed E-state index contributed by atoms with van der Waals surface area (Å²) in [5.41, 5.74) is 0.798. The van der Waals surface area contributed by atoms with E-state index in [0.717, 1.165) is 15.4 Å². The van der Waals surface area contributed by atoms with E-state index in [4.69, 9.17) is 23.2 Å². The first kappa shape index (κ1) is 9.25. The lowest BCUT2D eigenvalue weighted by Crippen LogP contribution is -1.81. The fourth-order valence-corrected chi connectivity index (χ4v) is 2.41. The van der Waals surface area contributed by atoms with Crippen molar-refractivity contribution in [2.24, 2.45) is 0 Å². The zero-order valence-corrected chi connectivity index (χ0v) is 9.49. The van der Waals surface area contributed by atoms with E-state index in [1.807, 2.05) is 18.2 Å². The standard InChI is InChI=1S/C9H4BrCl2N/c10-5-2-1-3-7-9(5)6(11)4-8(12)13-7/h1-4H. The molecule has 66 valence electrons. The van der Waals surface area contributed by atoms with Crippen molar-refractivity contribution >= 4 is 50.0 Å². The van der Waals surface area contributed by atoms with Gasteiger partial charge in [-0.2, -0.15) is 0 Å². The van der Waals surface area contributed by atoms with Crippen molar-refractivity contribution in [3.63, 3.8) is 0 Å². The van der Waals surface area contributed by atoms with Crippen LogP contribution in [-0.2, 0) is 0 Å². The van der Waals surface area contributed by atoms with Crippen molar-refractivity contribution in [1.29, 1.82) is 0 Å². The maximum atomic E-state index is 6.01. The molecular formula is C9H4BrCl2N. The van der Waals surface area contributed by atoms with Crippen LogP contribution in [0.15, 0.2) is 28.7 Å². The molecule has 2 aromatic rings. The number of pyridine rings is 1. The second-order valence-corrected chi connectivity index (χ2v) is 4.21. The Balaban J connectivity index is 2.94. The van der Waals surface area contributed by atoms with Gasteiger partial charge in [-0.05, 0) is 18.2 Å². The van der Waals surface area contributed by atoms with Crippen LogP contribution in [0.4, 0.5) is 0 Å². The summed E-state index contributed by atoms with van der Waals surface area (Å²) in [6.45, 7) is 0. The Labute approximate surface area is 93.8 Å². The van der Waals surface area contributed by atoms with E-state index >= 15 is 0 Å². The Morgan fingerprint density at radius 1 is 1.23 bits per heavy atom. The quantitative estimate of drug-likeness (QED) is 0.654. The molecule has 0 saturated carbocycles. The lowest BCUT2D eigenvalue weighted by Gasteiger charge is -2.02. The van der Waals surface area contributed by atoms with Crippen LogP contribution in [0.1, 0.15) is 0 Å². The van der Waals surface area contributed by atoms with Crippen LogP contribution in [0, 0.1) is 0 Å². The predicted molar refractivity (Wildman–Crippen MR) is 59.5 cm³/mol. The van der Waals surface area contributed by atoms with Gasteiger partial charge in [0.15, 0.2) is 0 Å². The van der Waals surface area contributed by atoms with Crippen LogP contribution in [0.3, 0.4) is 0 Å². The highest BCUT2D eigenvalue weighted by Crippen LogP contribution is 2.30. The molecular weight excluding hydrogens is 273 g/mol. The molecule has 13 heavy (non-hydrogen) atoms. The molecule has 0 aliphatic heterocycles. The van der Waals surface area contributed by atoms with Gasteiger partial charge in [0, 0.05) is 9.86 Å². The smallest absolute Gasteiger partial charge is 0.131 e. The number of hydrogen-bond acceptors (Lipinski definition) is 1. The second kappa shape index (κ2) is 3.45. The largest absolute Gasteiger partial charge is 0.236 e. The van der Waals surface area contributed by atoms with E-state index in [-0.39, 0.29) is 0 Å². The molecule has 0 unspecified atom stereocenters. The molecule has 1 heterocycles. The van der Waals surface area contributed by atoms with Gasteiger partial charge < -0.3 is 0 Å². The van der Waals surface area contributed by atoms with Crippen molar-refractivity contribution in [3.8, 4) is 0 Å². The Kier molecular flexibility index (Phi) is 2.45. The highest BCUT2D eigenvalue weighted by Gasteiger charge is 2.05. The van der Waals surface area contributed by atoms with Crippen LogP contribution in [0.5, 0.6) is 0 Å². The van der Waals surface area contributed by atoms with Gasteiger partial charge >= 0.3 is 0 Å². The molecule has 1 nitrogen and oxygen atoms in total. The van der Waals surface area contributed by atoms with E-state index in [2.05, 4.69) is 20.9 Å². The summed E-state index contributed by atoms with van der Waals surface area (Å²) in [6.07, 6.45) is 0. The van der Waals surface area contributed by atoms with Gasteiger partial charge in [0.05, 0.1) is 10.5 Å². The number of benzene rings is 1. The van der Waals surface area contributed by atoms with Crippen molar-refractivity contribution in [1.82, 2.24) is 4.98 Å². The third-order valence-corrected chi connectivity index (χ3v) is 2.86. The summed E-state index contributed by atoms with van der Waals surface area (Å²) in [6, 6.07) is 7.32. The molecule has 0 aliphatic rings. The molecule has 2 rings (SSSR count). The predicted octanol–water partition coefficient (Wildman–Crippen LogP) is 4.30. The van der Waals surface area contributed by atoms with Crippen LogP contribution in [0.2, 0.25) is 10.2 Å². The van der Waals surface area contributed by atoms with Gasteiger partial charge in [-0.1, -0.05) is 45.2 Å². The third kappa shape index (κ3) is 1.66. The van der Waals surface area contributed by atoms with Gasteiger partial charge in [0.1, 0.15) is 5.15 Å². The van der Waals surface area contributed by atoms with Crippen molar-refractivity contribution in [2.75, 3.05) is 0 Å². The average molecular weight is 277 g/mol. The SMILES string of the molecule is Clc1cc(Cl)c2c(Br)cccc2n1. The summed E-state index contributed by atoms with van der Waals surface area (Å²) >= 11 is 15.2. The van der Waals surface area contributed by atoms with E-state index in [1.165, 1.54) is 0 Å². The van der Waals surface area contributed by atoms with Gasteiger partial charge in [0.2, 0.25) is 0 Å². The summed E-state index contributed by atoms with van der Waals surface area (Å²) in [5.74, 6) is 0. The number of nitrogens with zero attached hydrogens (tertiary/aromatic N) is 1. The fourth-order valence-electron chi connectivity index (χ4n) is 1.17. The maximum Gasteiger partial charge on any atom is 0.131 e. The topological polar surface area (TPSA) is 12.9 Å². The lowest BCUT2D eigenvalue weighted by atomic mass is 10.2. The third-order valence-electron chi connectivity index (χ3n) is 1.70. The van der Waals surface area contributed by atoms with E-state index in [9.17, 15) is 0 Å². The highest BCUT2D eigenvalue weighted by molar-refractivity contribution is 9.10. The van der Waals surface area contributed by atoms with Gasteiger partial charge in [-0.25, -0.2) is 4.98 Å². The maximum absolute atomic E-state index is 6.01. The second-order valence-electron chi connectivity index (χ2n) is 2.56. The van der Waals surface area contributed by atoms with E-state index in [0.29, 0.717) is 10.2 Å². The first-order chi connectivity index (χ1) is 6.18. The number of hydrogen-bond donors (Lipinski definition) is 0. The Morgan fingerprint density at radius 2 is 2.00 bits per heavy atom. The average Bonchev–Trinajstić information content (AvgIpc) is 2.02. The first-order valence-corrected chi connectivity index (χ1v) is 5.13. The van der Waals surface area contributed by atoms with Crippen molar-refractivity contribution in [3.05, 3.63) is 38.9 Å². The number of halogens is 3.